The molecule has 4 atom stereocenters. The van der Waals surface area contributed by atoms with E-state index in [4.69, 9.17) is 38.9 Å². The van der Waals surface area contributed by atoms with Crippen molar-refractivity contribution in [2.24, 2.45) is 0 Å². The second kappa shape index (κ2) is 42.1. The van der Waals surface area contributed by atoms with Crippen molar-refractivity contribution < 1.29 is 161 Å². The number of nitrogens with zero attached hydrogens (tertiary/aromatic N) is 4. The van der Waals surface area contributed by atoms with E-state index in [9.17, 15) is 58.7 Å². The van der Waals surface area contributed by atoms with Gasteiger partial charge in [-0.05, 0) is 49.9 Å². The first-order chi connectivity index (χ1) is 38.8. The third-order valence-electron chi connectivity index (χ3n) is 12.0. The van der Waals surface area contributed by atoms with Gasteiger partial charge < -0.3 is 56.8 Å². The van der Waals surface area contributed by atoms with E-state index in [1.165, 1.54) is 0 Å². The topological polar surface area (TPSA) is 428 Å². The minimum Gasteiger partial charge on any atom is -0.741 e. The first kappa shape index (κ1) is 90.3. The van der Waals surface area contributed by atoms with E-state index in [1.54, 1.807) is 0 Å². The summed E-state index contributed by atoms with van der Waals surface area (Å²) in [4.78, 5) is 62.7. The van der Waals surface area contributed by atoms with Crippen LogP contribution in [0.1, 0.15) is 74.1 Å². The molecule has 1 fully saturated rings. The minimum atomic E-state index is -6.09. The second-order valence-electron chi connectivity index (χ2n) is 18.6. The van der Waals surface area contributed by atoms with Gasteiger partial charge in [-0.15, -0.1) is 0 Å². The van der Waals surface area contributed by atoms with Crippen LogP contribution < -0.4 is 21.3 Å². The molecule has 0 radical (unpaired) electrons. The van der Waals surface area contributed by atoms with Crippen LogP contribution in [0.5, 0.6) is 0 Å². The number of rotatable bonds is 16. The van der Waals surface area contributed by atoms with Crippen molar-refractivity contribution in [1.29, 1.82) is 0 Å². The van der Waals surface area contributed by atoms with Gasteiger partial charge in [0.05, 0.1) is 50.3 Å². The number of alkyl halides is 9. The standard InChI is InChI=1S/C48H64N8O4.3CHF3O3S.4H2O.Pr/c1-37(41-17-9-5-10-18-41)49-45(57)33-53-25-27-54(34-46(58)50-38(2)42-19-11-6-12-20-42)29-31-56(36-48(60)52-40(4)44-23-15-8-16-24-44)32-30-55(28-26-53)35-47(59)51-39(3)43-21-13-7-14-22-43;3*2-1(3,4)8(5,6)7;;;;;/h5-24,37-40H,25-36H2,1-4H3,(H,49,57)(H,50,58)(H,51,59)(H,52,60);3*(H,5,6,7);4*1H2;/q;;;;;;;;+3/p-2/t37-,38-,39-,40-;;;;;;;;/m1......../s1. The van der Waals surface area contributed by atoms with E-state index >= 15 is 0 Å². The number of halogens is 9. The van der Waals surface area contributed by atoms with E-state index in [0.717, 1.165) is 22.3 Å². The van der Waals surface area contributed by atoms with Gasteiger partial charge in [0, 0.05) is 52.4 Å². The molecule has 1 saturated heterocycles. The SMILES string of the molecule is C[C@@H](NC(=O)CN1CCN(CC(=O)N[C@H](C)c2ccccc2)CCN(CC(=O)N[C@H](C)c2ccccc2)CCN(CC(=O)N[C@H](C)c2ccccc2)CC1)c1ccccc1.O.O.O.O=S(=O)([O-])C(F)(F)F.O=S(=O)([O-])C(F)(F)F.O=S(=O)([O-])C(F)(F)F.[OH3+].[Pr+3]. The molecule has 1 aliphatic rings. The van der Waals surface area contributed by atoms with Gasteiger partial charge in [0.25, 0.3) is 0 Å². The largest absolute Gasteiger partial charge is 3.00 e. The quantitative estimate of drug-likeness (QED) is 0.0534. The van der Waals surface area contributed by atoms with Crippen LogP contribution in [0, 0.1) is 41.3 Å². The molecule has 4 amide bonds. The Kier molecular flexibility index (Phi) is 42.7. The van der Waals surface area contributed by atoms with Crippen molar-refractivity contribution in [3.63, 3.8) is 0 Å². The Bertz CT molecular complexity index is 2620. The fourth-order valence-corrected chi connectivity index (χ4v) is 7.47. The summed E-state index contributed by atoms with van der Waals surface area (Å²) < 4.78 is 177. The average molecular weight is 1480 g/mol. The predicted octanol–water partition coefficient (Wildman–Crippen LogP) is 1.48. The van der Waals surface area contributed by atoms with Crippen LogP contribution in [-0.4, -0.2) is 194 Å². The van der Waals surface area contributed by atoms with Gasteiger partial charge in [-0.1, -0.05) is 121 Å². The molecule has 38 heteroatoms. The molecular weight excluding hydrogens is 1400 g/mol. The number of hydrogen-bond donors (Lipinski definition) is 4. The maximum atomic E-state index is 13.6. The van der Waals surface area contributed by atoms with E-state index < -0.39 is 46.9 Å². The molecular formula is C51H73F9N8O17PrS3+. The molecule has 4 aromatic carbocycles. The zero-order valence-electron chi connectivity index (χ0n) is 48.2. The maximum Gasteiger partial charge on any atom is 3.00 e. The number of carbonyl (C=O) groups is 4. The first-order valence-electron chi connectivity index (χ1n) is 25.1. The van der Waals surface area contributed by atoms with E-state index in [2.05, 4.69) is 40.9 Å². The Hall–Kier alpha value is -5.10. The van der Waals surface area contributed by atoms with Gasteiger partial charge in [0.15, 0.2) is 30.4 Å². The van der Waals surface area contributed by atoms with Crippen LogP contribution in [0.2, 0.25) is 0 Å². The molecule has 502 valence electrons. The zero-order valence-corrected chi connectivity index (χ0v) is 54.4. The Morgan fingerprint density at radius 1 is 0.371 bits per heavy atom. The molecule has 0 spiro atoms. The second-order valence-corrected chi connectivity index (χ2v) is 22.7. The summed E-state index contributed by atoms with van der Waals surface area (Å²) in [5, 5.41) is 12.6. The monoisotopic (exact) mass is 1480 g/mol. The minimum absolute atomic E-state index is 0. The number of hydrogen-bond acceptors (Lipinski definition) is 17. The van der Waals surface area contributed by atoms with Crippen LogP contribution in [-0.2, 0) is 55.0 Å². The summed E-state index contributed by atoms with van der Waals surface area (Å²) in [7, 11) is -18.3. The third kappa shape index (κ3) is 36.5. The van der Waals surface area contributed by atoms with Crippen LogP contribution in [0.4, 0.5) is 39.5 Å². The zero-order chi connectivity index (χ0) is 63.7. The molecule has 0 unspecified atom stereocenters. The van der Waals surface area contributed by atoms with Crippen molar-refractivity contribution >= 4 is 54.0 Å². The van der Waals surface area contributed by atoms with Crippen LogP contribution in [0.25, 0.3) is 0 Å². The molecule has 4 aromatic rings. The average Bonchev–Trinajstić information content (AvgIpc) is 3.56. The first-order valence-corrected chi connectivity index (χ1v) is 29.3. The van der Waals surface area contributed by atoms with Gasteiger partial charge in [-0.25, -0.2) is 25.3 Å². The van der Waals surface area contributed by atoms with Crippen LogP contribution >= 0.6 is 0 Å². The molecule has 0 saturated carbocycles. The molecule has 5 rings (SSSR count). The van der Waals surface area contributed by atoms with Crippen LogP contribution in [0.15, 0.2) is 121 Å². The molecule has 0 aliphatic carbocycles. The van der Waals surface area contributed by atoms with E-state index in [-0.39, 0.29) is 137 Å². The fraction of sp³-hybridized carbons (Fsp3) is 0.451. The van der Waals surface area contributed by atoms with Gasteiger partial charge in [-0.2, -0.15) is 39.5 Å². The van der Waals surface area contributed by atoms with Crippen LogP contribution in [0.3, 0.4) is 0 Å². The van der Waals surface area contributed by atoms with Crippen molar-refractivity contribution in [1.82, 2.24) is 40.9 Å². The number of carbonyl (C=O) groups excluding carboxylic acids is 4. The van der Waals surface area contributed by atoms with Gasteiger partial charge in [0.1, 0.15) is 0 Å². The summed E-state index contributed by atoms with van der Waals surface area (Å²) in [6, 6.07) is 38.9. The number of amides is 4. The van der Waals surface area contributed by atoms with E-state index in [1.807, 2.05) is 149 Å². The smallest absolute Gasteiger partial charge is 0.741 e. The summed E-state index contributed by atoms with van der Waals surface area (Å²) in [6.45, 7) is 12.8. The molecule has 13 N–H and O–H groups in total. The summed E-state index contributed by atoms with van der Waals surface area (Å²) in [6.07, 6.45) is 0. The van der Waals surface area contributed by atoms with Gasteiger partial charge in [0.2, 0.25) is 23.6 Å². The summed E-state index contributed by atoms with van der Waals surface area (Å²) in [5.74, 6) is -0.380. The fourth-order valence-electron chi connectivity index (χ4n) is 7.47. The Morgan fingerprint density at radius 3 is 0.607 bits per heavy atom. The van der Waals surface area contributed by atoms with Crippen molar-refractivity contribution in [3.8, 4) is 0 Å². The van der Waals surface area contributed by atoms with Crippen molar-refractivity contribution in [2.75, 3.05) is 78.5 Å². The summed E-state index contributed by atoms with van der Waals surface area (Å²) >= 11 is 0. The molecule has 1 aliphatic heterocycles. The molecule has 0 aromatic heterocycles. The van der Waals surface area contributed by atoms with Crippen molar-refractivity contribution in [3.05, 3.63) is 144 Å². The molecule has 89 heavy (non-hydrogen) atoms. The maximum absolute atomic E-state index is 13.6. The molecule has 25 nitrogen and oxygen atoms in total. The van der Waals surface area contributed by atoms with Crippen molar-refractivity contribution in [2.45, 2.75) is 68.4 Å². The van der Waals surface area contributed by atoms with E-state index in [0.29, 0.717) is 52.4 Å². The van der Waals surface area contributed by atoms with Gasteiger partial charge in [-0.3, -0.25) is 38.8 Å². The van der Waals surface area contributed by atoms with Gasteiger partial charge >= 0.3 is 57.8 Å². The Labute approximate surface area is 542 Å². The molecule has 1 heterocycles. The normalized spacial score (nSPS) is 15.3. The Morgan fingerprint density at radius 2 is 0.494 bits per heavy atom. The Balaban J connectivity index is -0.00000105. The number of nitrogens with one attached hydrogen (secondary N) is 4. The third-order valence-corrected chi connectivity index (χ3v) is 13.7. The summed E-state index contributed by atoms with van der Waals surface area (Å²) in [5.41, 5.74) is -12.8. The molecule has 0 bridgehead atoms. The predicted molar refractivity (Wildman–Crippen MR) is 301 cm³/mol. The number of benzene rings is 4.